The Morgan fingerprint density at radius 1 is 1.29 bits per heavy atom. The Morgan fingerprint density at radius 3 is 2.29 bits per heavy atom. The van der Waals surface area contributed by atoms with Crippen molar-refractivity contribution in [3.63, 3.8) is 0 Å². The Morgan fingerprint density at radius 2 is 1.88 bits per heavy atom. The SMILES string of the molecule is CCCCCN(C(C)C)C1(C(=O)O)CCCC1. The first kappa shape index (κ1) is 14.5. The van der Waals surface area contributed by atoms with E-state index >= 15 is 0 Å². The quantitative estimate of drug-likeness (QED) is 0.695. The van der Waals surface area contributed by atoms with Gasteiger partial charge in [-0.15, -0.1) is 0 Å². The molecule has 1 aliphatic rings. The molecule has 1 rings (SSSR count). The van der Waals surface area contributed by atoms with E-state index in [1.54, 1.807) is 0 Å². The molecule has 3 nitrogen and oxygen atoms in total. The normalized spacial score (nSPS) is 19.1. The van der Waals surface area contributed by atoms with Crippen molar-refractivity contribution in [3.05, 3.63) is 0 Å². The lowest BCUT2D eigenvalue weighted by Gasteiger charge is -2.41. The van der Waals surface area contributed by atoms with E-state index in [2.05, 4.69) is 25.7 Å². The van der Waals surface area contributed by atoms with E-state index in [0.29, 0.717) is 6.04 Å². The Balaban J connectivity index is 2.75. The van der Waals surface area contributed by atoms with Gasteiger partial charge in [0.15, 0.2) is 0 Å². The highest BCUT2D eigenvalue weighted by Gasteiger charge is 2.46. The number of unbranched alkanes of at least 4 members (excludes halogenated alkanes) is 2. The Bertz CT molecular complexity index is 245. The van der Waals surface area contributed by atoms with Gasteiger partial charge in [-0.2, -0.15) is 0 Å². The molecule has 1 fully saturated rings. The minimum absolute atomic E-state index is 0.320. The van der Waals surface area contributed by atoms with E-state index in [1.807, 2.05) is 0 Å². The van der Waals surface area contributed by atoms with Crippen LogP contribution < -0.4 is 0 Å². The van der Waals surface area contributed by atoms with Gasteiger partial charge >= 0.3 is 5.97 Å². The number of rotatable bonds is 7. The average molecular weight is 241 g/mol. The van der Waals surface area contributed by atoms with Gasteiger partial charge in [-0.1, -0.05) is 32.6 Å². The fourth-order valence-electron chi connectivity index (χ4n) is 3.08. The molecule has 1 saturated carbocycles. The Kier molecular flexibility index (Phi) is 5.44. The van der Waals surface area contributed by atoms with Crippen LogP contribution in [0.5, 0.6) is 0 Å². The maximum Gasteiger partial charge on any atom is 0.324 e. The fraction of sp³-hybridized carbons (Fsp3) is 0.929. The molecule has 0 aromatic carbocycles. The van der Waals surface area contributed by atoms with Gasteiger partial charge in [0.1, 0.15) is 5.54 Å². The van der Waals surface area contributed by atoms with Crippen LogP contribution in [0, 0.1) is 0 Å². The molecule has 0 spiro atoms. The number of carbonyl (C=O) groups is 1. The van der Waals surface area contributed by atoms with Crippen LogP contribution in [0.4, 0.5) is 0 Å². The molecule has 3 heteroatoms. The summed E-state index contributed by atoms with van der Waals surface area (Å²) in [6.07, 6.45) is 7.26. The summed E-state index contributed by atoms with van der Waals surface area (Å²) in [6, 6.07) is 0.320. The van der Waals surface area contributed by atoms with Crippen LogP contribution in [-0.4, -0.2) is 34.1 Å². The summed E-state index contributed by atoms with van der Waals surface area (Å²) in [4.78, 5) is 13.9. The van der Waals surface area contributed by atoms with Crippen LogP contribution >= 0.6 is 0 Å². The van der Waals surface area contributed by atoms with Crippen molar-refractivity contribution in [1.29, 1.82) is 0 Å². The molecule has 0 aliphatic heterocycles. The molecular weight excluding hydrogens is 214 g/mol. The third-order valence-electron chi connectivity index (χ3n) is 4.00. The maximum absolute atomic E-state index is 11.7. The molecular formula is C14H27NO2. The molecule has 0 heterocycles. The van der Waals surface area contributed by atoms with Gasteiger partial charge in [-0.3, -0.25) is 9.69 Å². The zero-order chi connectivity index (χ0) is 12.9. The van der Waals surface area contributed by atoms with Crippen LogP contribution in [-0.2, 0) is 4.79 Å². The summed E-state index contributed by atoms with van der Waals surface area (Å²) in [5.41, 5.74) is -0.568. The highest BCUT2D eigenvalue weighted by Crippen LogP contribution is 2.37. The number of aliphatic carboxylic acids is 1. The average Bonchev–Trinajstić information content (AvgIpc) is 2.74. The summed E-state index contributed by atoms with van der Waals surface area (Å²) in [5, 5.41) is 9.60. The Hall–Kier alpha value is -0.570. The molecule has 0 radical (unpaired) electrons. The zero-order valence-corrected chi connectivity index (χ0v) is 11.5. The third kappa shape index (κ3) is 3.21. The summed E-state index contributed by atoms with van der Waals surface area (Å²) in [6.45, 7) is 7.35. The molecule has 1 aliphatic carbocycles. The molecule has 0 bridgehead atoms. The van der Waals surface area contributed by atoms with Gasteiger partial charge in [-0.25, -0.2) is 0 Å². The minimum Gasteiger partial charge on any atom is -0.480 e. The second-order valence-electron chi connectivity index (χ2n) is 5.54. The van der Waals surface area contributed by atoms with E-state index in [4.69, 9.17) is 0 Å². The topological polar surface area (TPSA) is 40.5 Å². The van der Waals surface area contributed by atoms with Crippen LogP contribution in [0.1, 0.15) is 65.7 Å². The van der Waals surface area contributed by atoms with Gasteiger partial charge in [0.25, 0.3) is 0 Å². The van der Waals surface area contributed by atoms with Crippen LogP contribution in [0.25, 0.3) is 0 Å². The highest BCUT2D eigenvalue weighted by molar-refractivity contribution is 5.79. The van der Waals surface area contributed by atoms with E-state index in [1.165, 1.54) is 12.8 Å². The number of carboxylic acids is 1. The van der Waals surface area contributed by atoms with Crippen LogP contribution in [0.2, 0.25) is 0 Å². The molecule has 17 heavy (non-hydrogen) atoms. The maximum atomic E-state index is 11.7. The van der Waals surface area contributed by atoms with Gasteiger partial charge in [-0.05, 0) is 39.7 Å². The summed E-state index contributed by atoms with van der Waals surface area (Å²) in [5.74, 6) is -0.611. The number of hydrogen-bond donors (Lipinski definition) is 1. The van der Waals surface area contributed by atoms with E-state index < -0.39 is 11.5 Å². The molecule has 0 atom stereocenters. The molecule has 1 N–H and O–H groups in total. The number of carboxylic acid groups (broad SMARTS) is 1. The molecule has 0 unspecified atom stereocenters. The highest BCUT2D eigenvalue weighted by atomic mass is 16.4. The minimum atomic E-state index is -0.611. The smallest absolute Gasteiger partial charge is 0.324 e. The molecule has 0 aromatic rings. The largest absolute Gasteiger partial charge is 0.480 e. The Labute approximate surface area is 105 Å². The predicted molar refractivity (Wildman–Crippen MR) is 70.2 cm³/mol. The zero-order valence-electron chi connectivity index (χ0n) is 11.5. The summed E-state index contributed by atoms with van der Waals surface area (Å²) in [7, 11) is 0. The lowest BCUT2D eigenvalue weighted by Crippen LogP contribution is -2.56. The van der Waals surface area contributed by atoms with Crippen molar-refractivity contribution >= 4 is 5.97 Å². The van der Waals surface area contributed by atoms with Crippen molar-refractivity contribution in [2.45, 2.75) is 77.3 Å². The van der Waals surface area contributed by atoms with Gasteiger partial charge in [0.05, 0.1) is 0 Å². The fourth-order valence-corrected chi connectivity index (χ4v) is 3.08. The second-order valence-corrected chi connectivity index (χ2v) is 5.54. The van der Waals surface area contributed by atoms with Crippen molar-refractivity contribution in [2.24, 2.45) is 0 Å². The third-order valence-corrected chi connectivity index (χ3v) is 4.00. The van der Waals surface area contributed by atoms with Crippen molar-refractivity contribution in [3.8, 4) is 0 Å². The lowest BCUT2D eigenvalue weighted by atomic mass is 9.93. The van der Waals surface area contributed by atoms with Gasteiger partial charge in [0.2, 0.25) is 0 Å². The van der Waals surface area contributed by atoms with Crippen molar-refractivity contribution in [1.82, 2.24) is 4.90 Å². The monoisotopic (exact) mass is 241 g/mol. The first-order valence-corrected chi connectivity index (χ1v) is 7.04. The van der Waals surface area contributed by atoms with Gasteiger partial charge < -0.3 is 5.11 Å². The van der Waals surface area contributed by atoms with Gasteiger partial charge in [0, 0.05) is 6.04 Å². The molecule has 0 aromatic heterocycles. The lowest BCUT2D eigenvalue weighted by molar-refractivity contribution is -0.153. The van der Waals surface area contributed by atoms with Crippen LogP contribution in [0.3, 0.4) is 0 Å². The molecule has 100 valence electrons. The summed E-state index contributed by atoms with van der Waals surface area (Å²) < 4.78 is 0. The van der Waals surface area contributed by atoms with Crippen LogP contribution in [0.15, 0.2) is 0 Å². The summed E-state index contributed by atoms with van der Waals surface area (Å²) >= 11 is 0. The molecule has 0 amide bonds. The van der Waals surface area contributed by atoms with E-state index in [9.17, 15) is 9.90 Å². The predicted octanol–water partition coefficient (Wildman–Crippen LogP) is 3.28. The van der Waals surface area contributed by atoms with E-state index in [0.717, 1.165) is 38.6 Å². The van der Waals surface area contributed by atoms with Crippen molar-refractivity contribution < 1.29 is 9.90 Å². The standard InChI is InChI=1S/C14H27NO2/c1-4-5-8-11-15(12(2)3)14(13(16)17)9-6-7-10-14/h12H,4-11H2,1-3H3,(H,16,17). The van der Waals surface area contributed by atoms with E-state index in [-0.39, 0.29) is 0 Å². The number of hydrogen-bond acceptors (Lipinski definition) is 2. The number of nitrogens with zero attached hydrogens (tertiary/aromatic N) is 1. The first-order valence-electron chi connectivity index (χ1n) is 7.04. The van der Waals surface area contributed by atoms with Crippen molar-refractivity contribution in [2.75, 3.05) is 6.54 Å². The second kappa shape index (κ2) is 6.39. The molecule has 0 saturated heterocycles. The first-order chi connectivity index (χ1) is 8.04.